The third-order valence-electron chi connectivity index (χ3n) is 3.16. The summed E-state index contributed by atoms with van der Waals surface area (Å²) in [5.74, 6) is 0.0000680. The maximum absolute atomic E-state index is 12.5. The molecule has 1 heterocycles. The lowest BCUT2D eigenvalue weighted by Crippen LogP contribution is -2.46. The quantitative estimate of drug-likeness (QED) is 0.551. The van der Waals surface area contributed by atoms with Gasteiger partial charge in [0.05, 0.1) is 6.61 Å². The van der Waals surface area contributed by atoms with Gasteiger partial charge in [-0.15, -0.1) is 0 Å². The number of hydrogen-bond donors (Lipinski definition) is 0. The van der Waals surface area contributed by atoms with Gasteiger partial charge in [-0.25, -0.2) is 4.67 Å². The van der Waals surface area contributed by atoms with Crippen molar-refractivity contribution in [3.63, 3.8) is 0 Å². The first-order valence-corrected chi connectivity index (χ1v) is 7.30. The normalized spacial score (nSPS) is 26.4. The zero-order chi connectivity index (χ0) is 16.6. The lowest BCUT2D eigenvalue weighted by atomic mass is 9.81. The molecule has 0 radical (unpaired) electrons. The van der Waals surface area contributed by atoms with Gasteiger partial charge in [-0.3, -0.25) is 4.52 Å². The maximum atomic E-state index is 12.5. The zero-order valence-electron chi connectivity index (χ0n) is 12.0. The van der Waals surface area contributed by atoms with Gasteiger partial charge in [-0.1, -0.05) is 20.8 Å². The summed E-state index contributed by atoms with van der Waals surface area (Å²) in [7, 11) is -0.985. The van der Waals surface area contributed by atoms with Crippen LogP contribution in [-0.4, -0.2) is 43.3 Å². The van der Waals surface area contributed by atoms with E-state index in [1.807, 2.05) is 20.8 Å². The van der Waals surface area contributed by atoms with E-state index in [0.29, 0.717) is 6.54 Å². The average Bonchev–Trinajstić information content (AvgIpc) is 2.22. The van der Waals surface area contributed by atoms with Crippen molar-refractivity contribution in [2.75, 3.05) is 20.2 Å². The van der Waals surface area contributed by atoms with E-state index in [9.17, 15) is 26.3 Å². The molecule has 0 aromatic heterocycles. The largest absolute Gasteiger partial charge is 0.424 e. The molecule has 0 aliphatic carbocycles. The van der Waals surface area contributed by atoms with Gasteiger partial charge in [-0.05, 0) is 12.5 Å². The van der Waals surface area contributed by atoms with Gasteiger partial charge in [0.25, 0.3) is 14.6 Å². The second-order valence-corrected chi connectivity index (χ2v) is 7.63. The van der Waals surface area contributed by atoms with E-state index in [1.54, 1.807) is 0 Å². The molecule has 1 aliphatic heterocycles. The topological polar surface area (TPSA) is 21.7 Å². The highest BCUT2D eigenvalue weighted by Crippen LogP contribution is 2.52. The van der Waals surface area contributed by atoms with E-state index in [4.69, 9.17) is 4.52 Å². The number of halogens is 6. The molecular weight excluding hydrogens is 323 g/mol. The fourth-order valence-corrected chi connectivity index (χ4v) is 3.20. The third kappa shape index (κ3) is 5.23. The second kappa shape index (κ2) is 6.18. The monoisotopic (exact) mass is 341 g/mol. The van der Waals surface area contributed by atoms with E-state index >= 15 is 0 Å². The molecule has 21 heavy (non-hydrogen) atoms. The van der Waals surface area contributed by atoms with Crippen molar-refractivity contribution in [3.8, 4) is 0 Å². The minimum Gasteiger partial charge on any atom is -0.322 e. The molecule has 10 heteroatoms. The Hall–Kier alpha value is -0.110. The van der Waals surface area contributed by atoms with E-state index in [0.717, 1.165) is 0 Å². The van der Waals surface area contributed by atoms with Gasteiger partial charge in [0.1, 0.15) is 0 Å². The van der Waals surface area contributed by atoms with Crippen LogP contribution in [0.4, 0.5) is 26.3 Å². The molecule has 2 atom stereocenters. The van der Waals surface area contributed by atoms with Crippen LogP contribution in [-0.2, 0) is 9.05 Å². The molecule has 3 nitrogen and oxygen atoms in total. The van der Waals surface area contributed by atoms with Crippen LogP contribution in [0.5, 0.6) is 0 Å². The van der Waals surface area contributed by atoms with E-state index in [1.165, 1.54) is 11.7 Å². The molecule has 1 saturated heterocycles. The van der Waals surface area contributed by atoms with Crippen LogP contribution in [0, 0.1) is 11.3 Å². The third-order valence-corrected chi connectivity index (χ3v) is 4.65. The van der Waals surface area contributed by atoms with Crippen LogP contribution in [0.25, 0.3) is 0 Å². The van der Waals surface area contributed by atoms with Crippen molar-refractivity contribution in [1.82, 2.24) is 4.67 Å². The Bertz CT molecular complexity index is 340. The van der Waals surface area contributed by atoms with Crippen molar-refractivity contribution in [1.29, 1.82) is 0 Å². The predicted molar refractivity (Wildman–Crippen MR) is 65.4 cm³/mol. The predicted octanol–water partition coefficient (Wildman–Crippen LogP) is 4.35. The van der Waals surface area contributed by atoms with E-state index in [2.05, 4.69) is 4.52 Å². The maximum Gasteiger partial charge on any atom is 0.424 e. The molecule has 1 rings (SSSR count). The highest BCUT2D eigenvalue weighted by Gasteiger charge is 2.60. The highest BCUT2D eigenvalue weighted by molar-refractivity contribution is 7.44. The Morgan fingerprint density at radius 2 is 1.57 bits per heavy atom. The Balaban J connectivity index is 2.75. The SMILES string of the molecule is CN1CC(C(C)(C)C)COP1OC(C(F)(F)F)C(F)(F)F. The number of hydrogen-bond acceptors (Lipinski definition) is 3. The number of nitrogens with zero attached hydrogens (tertiary/aromatic N) is 1. The highest BCUT2D eigenvalue weighted by atomic mass is 31.2. The van der Waals surface area contributed by atoms with Gasteiger partial charge in [0.2, 0.25) is 0 Å². The number of alkyl halides is 6. The first-order valence-electron chi connectivity index (χ1n) is 6.17. The lowest BCUT2D eigenvalue weighted by Gasteiger charge is -2.42. The van der Waals surface area contributed by atoms with Crippen LogP contribution >= 0.6 is 8.53 Å². The molecule has 126 valence electrons. The van der Waals surface area contributed by atoms with Crippen molar-refractivity contribution in [3.05, 3.63) is 0 Å². The van der Waals surface area contributed by atoms with Crippen LogP contribution in [0.15, 0.2) is 0 Å². The van der Waals surface area contributed by atoms with Gasteiger partial charge >= 0.3 is 12.4 Å². The molecule has 0 amide bonds. The molecule has 0 aromatic rings. The molecule has 0 aromatic carbocycles. The van der Waals surface area contributed by atoms with E-state index in [-0.39, 0.29) is 17.9 Å². The van der Waals surface area contributed by atoms with Crippen LogP contribution in [0.2, 0.25) is 0 Å². The fourth-order valence-electron chi connectivity index (χ4n) is 1.72. The summed E-state index contributed by atoms with van der Waals surface area (Å²) in [5.41, 5.74) is -0.164. The van der Waals surface area contributed by atoms with Gasteiger partial charge in [0, 0.05) is 12.5 Å². The molecule has 2 unspecified atom stereocenters. The Kier molecular flexibility index (Phi) is 5.57. The standard InChI is InChI=1S/C11H18F6NO2P/c1-9(2,3)7-5-18(4)21(19-6-7)20-8(10(12,13)14)11(15,16)17/h7-8H,5-6H2,1-4H3. The minimum atomic E-state index is -5.52. The van der Waals surface area contributed by atoms with Gasteiger partial charge < -0.3 is 4.52 Å². The summed E-state index contributed by atoms with van der Waals surface area (Å²) in [4.78, 5) is 0. The second-order valence-electron chi connectivity index (χ2n) is 6.01. The van der Waals surface area contributed by atoms with Crippen molar-refractivity contribution < 1.29 is 35.4 Å². The molecule has 0 saturated carbocycles. The Labute approximate surface area is 120 Å². The van der Waals surface area contributed by atoms with Crippen LogP contribution < -0.4 is 0 Å². The summed E-state index contributed by atoms with van der Waals surface area (Å²) in [5, 5.41) is 0. The fraction of sp³-hybridized carbons (Fsp3) is 1.00. The minimum absolute atomic E-state index is 0.0000680. The first-order chi connectivity index (χ1) is 9.23. The molecule has 1 fully saturated rings. The molecule has 0 N–H and O–H groups in total. The van der Waals surface area contributed by atoms with Crippen LogP contribution in [0.1, 0.15) is 20.8 Å². The summed E-state index contributed by atoms with van der Waals surface area (Å²) in [6, 6.07) is 0. The molecule has 0 spiro atoms. The Morgan fingerprint density at radius 1 is 1.10 bits per heavy atom. The first kappa shape index (κ1) is 18.9. The number of rotatable bonds is 2. The Morgan fingerprint density at radius 3 is 1.90 bits per heavy atom. The van der Waals surface area contributed by atoms with Crippen molar-refractivity contribution in [2.24, 2.45) is 11.3 Å². The van der Waals surface area contributed by atoms with Crippen LogP contribution in [0.3, 0.4) is 0 Å². The molecule has 0 bridgehead atoms. The summed E-state index contributed by atoms with van der Waals surface area (Å²) in [6.07, 6.45) is -14.9. The van der Waals surface area contributed by atoms with Gasteiger partial charge in [-0.2, -0.15) is 26.3 Å². The summed E-state index contributed by atoms with van der Waals surface area (Å²) >= 11 is 0. The molecular formula is C11H18F6NO2P. The summed E-state index contributed by atoms with van der Waals surface area (Å²) in [6.45, 7) is 6.17. The zero-order valence-corrected chi connectivity index (χ0v) is 12.9. The summed E-state index contributed by atoms with van der Waals surface area (Å²) < 4.78 is 85.3. The smallest absolute Gasteiger partial charge is 0.322 e. The average molecular weight is 341 g/mol. The van der Waals surface area contributed by atoms with Crippen molar-refractivity contribution >= 4 is 8.53 Å². The van der Waals surface area contributed by atoms with Gasteiger partial charge in [0.15, 0.2) is 0 Å². The van der Waals surface area contributed by atoms with Crippen molar-refractivity contribution in [2.45, 2.75) is 39.2 Å². The van der Waals surface area contributed by atoms with E-state index < -0.39 is 27.0 Å². The lowest BCUT2D eigenvalue weighted by molar-refractivity contribution is -0.301. The molecule has 1 aliphatic rings.